The Labute approximate surface area is 120 Å². The smallest absolute Gasteiger partial charge is 0.189 e. The minimum atomic E-state index is 0.622. The third-order valence-electron chi connectivity index (χ3n) is 5.13. The molecule has 0 bridgehead atoms. The molecule has 4 heteroatoms. The summed E-state index contributed by atoms with van der Waals surface area (Å²) >= 11 is 1.62. The fourth-order valence-corrected chi connectivity index (χ4v) is 4.10. The van der Waals surface area contributed by atoms with Crippen LogP contribution in [0.3, 0.4) is 0 Å². The fraction of sp³-hybridized carbons (Fsp3) is 0.733. The van der Waals surface area contributed by atoms with Gasteiger partial charge in [-0.1, -0.05) is 18.7 Å². The number of aromatic nitrogens is 2. The molecule has 2 saturated carbocycles. The molecule has 0 spiro atoms. The molecule has 0 amide bonds. The van der Waals surface area contributed by atoms with E-state index < -0.39 is 0 Å². The standard InChI is InChI=1S/C15H23N3S/c1-8-7-13(12-6-5-11(8)12)17-14-9(2)10(3)16-15(18-14)19-4/h8,11-13H,5-7H2,1-4H3,(H,16,17,18). The number of anilines is 1. The fourth-order valence-electron chi connectivity index (χ4n) is 3.68. The lowest BCUT2D eigenvalue weighted by Crippen LogP contribution is -2.34. The van der Waals surface area contributed by atoms with Crippen molar-refractivity contribution in [3.63, 3.8) is 0 Å². The number of hydrogen-bond donors (Lipinski definition) is 1. The molecule has 2 aliphatic carbocycles. The summed E-state index contributed by atoms with van der Waals surface area (Å²) in [4.78, 5) is 9.17. The Morgan fingerprint density at radius 2 is 1.89 bits per heavy atom. The van der Waals surface area contributed by atoms with Gasteiger partial charge in [0.15, 0.2) is 5.16 Å². The second-order valence-electron chi connectivity index (χ2n) is 6.14. The van der Waals surface area contributed by atoms with Crippen molar-refractivity contribution in [1.29, 1.82) is 0 Å². The molecule has 3 nitrogen and oxygen atoms in total. The Kier molecular flexibility index (Phi) is 3.46. The van der Waals surface area contributed by atoms with E-state index in [9.17, 15) is 0 Å². The van der Waals surface area contributed by atoms with E-state index in [2.05, 4.69) is 36.1 Å². The number of aryl methyl sites for hydroxylation is 1. The van der Waals surface area contributed by atoms with Gasteiger partial charge in [-0.15, -0.1) is 0 Å². The third-order valence-corrected chi connectivity index (χ3v) is 5.68. The monoisotopic (exact) mass is 277 g/mol. The van der Waals surface area contributed by atoms with Crippen LogP contribution in [0.2, 0.25) is 0 Å². The summed E-state index contributed by atoms with van der Waals surface area (Å²) in [6, 6.07) is 0.622. The highest BCUT2D eigenvalue weighted by Gasteiger charge is 2.46. The molecule has 104 valence electrons. The van der Waals surface area contributed by atoms with Gasteiger partial charge in [-0.05, 0) is 57.1 Å². The highest BCUT2D eigenvalue weighted by atomic mass is 32.2. The second kappa shape index (κ2) is 4.97. The van der Waals surface area contributed by atoms with Gasteiger partial charge in [0.05, 0.1) is 0 Å². The lowest BCUT2D eigenvalue weighted by molar-refractivity contribution is 0.173. The Bertz CT molecular complexity index is 489. The van der Waals surface area contributed by atoms with Gasteiger partial charge in [0.25, 0.3) is 0 Å². The summed E-state index contributed by atoms with van der Waals surface area (Å²) in [5.74, 6) is 3.77. The van der Waals surface area contributed by atoms with E-state index >= 15 is 0 Å². The van der Waals surface area contributed by atoms with Gasteiger partial charge >= 0.3 is 0 Å². The van der Waals surface area contributed by atoms with E-state index in [0.717, 1.165) is 34.4 Å². The van der Waals surface area contributed by atoms with Gasteiger partial charge in [-0.3, -0.25) is 0 Å². The summed E-state index contributed by atoms with van der Waals surface area (Å²) in [6.07, 6.45) is 6.16. The first-order valence-corrected chi connectivity index (χ1v) is 8.48. The molecule has 3 rings (SSSR count). The van der Waals surface area contributed by atoms with Crippen molar-refractivity contribution in [3.05, 3.63) is 11.3 Å². The number of thioether (sulfide) groups is 1. The average molecular weight is 277 g/mol. The molecule has 2 aliphatic rings. The van der Waals surface area contributed by atoms with Crippen LogP contribution in [0.1, 0.15) is 37.4 Å². The van der Waals surface area contributed by atoms with Crippen molar-refractivity contribution in [3.8, 4) is 0 Å². The first kappa shape index (κ1) is 13.2. The van der Waals surface area contributed by atoms with Crippen LogP contribution in [0.4, 0.5) is 5.82 Å². The van der Waals surface area contributed by atoms with Crippen LogP contribution in [0.5, 0.6) is 0 Å². The number of nitrogens with zero attached hydrogens (tertiary/aromatic N) is 2. The molecule has 2 fully saturated rings. The summed E-state index contributed by atoms with van der Waals surface area (Å²) in [5.41, 5.74) is 2.30. The molecule has 0 radical (unpaired) electrons. The summed E-state index contributed by atoms with van der Waals surface area (Å²) in [5, 5.41) is 4.60. The molecule has 4 atom stereocenters. The van der Waals surface area contributed by atoms with E-state index in [1.165, 1.54) is 24.8 Å². The van der Waals surface area contributed by atoms with Crippen molar-refractivity contribution in [2.24, 2.45) is 17.8 Å². The number of nitrogens with one attached hydrogen (secondary N) is 1. The Morgan fingerprint density at radius 3 is 2.47 bits per heavy atom. The van der Waals surface area contributed by atoms with Crippen molar-refractivity contribution < 1.29 is 0 Å². The molecule has 1 aromatic rings. The largest absolute Gasteiger partial charge is 0.367 e. The molecular formula is C15H23N3S. The summed E-state index contributed by atoms with van der Waals surface area (Å²) < 4.78 is 0. The molecule has 1 N–H and O–H groups in total. The van der Waals surface area contributed by atoms with E-state index in [1.54, 1.807) is 11.8 Å². The minimum absolute atomic E-state index is 0.622. The quantitative estimate of drug-likeness (QED) is 0.676. The highest BCUT2D eigenvalue weighted by molar-refractivity contribution is 7.98. The van der Waals surface area contributed by atoms with Gasteiger partial charge in [-0.2, -0.15) is 0 Å². The first-order valence-electron chi connectivity index (χ1n) is 7.26. The predicted molar refractivity (Wildman–Crippen MR) is 80.7 cm³/mol. The van der Waals surface area contributed by atoms with Crippen LogP contribution in [0.15, 0.2) is 5.16 Å². The topological polar surface area (TPSA) is 37.8 Å². The van der Waals surface area contributed by atoms with Gasteiger partial charge in [0.1, 0.15) is 5.82 Å². The second-order valence-corrected chi connectivity index (χ2v) is 6.91. The maximum absolute atomic E-state index is 4.66. The zero-order valence-electron chi connectivity index (χ0n) is 12.2. The van der Waals surface area contributed by atoms with Crippen molar-refractivity contribution in [2.45, 2.75) is 51.2 Å². The lowest BCUT2D eigenvalue weighted by atomic mass is 9.72. The third kappa shape index (κ3) is 2.24. The van der Waals surface area contributed by atoms with E-state index in [0.29, 0.717) is 6.04 Å². The molecule has 0 aliphatic heterocycles. The van der Waals surface area contributed by atoms with Crippen LogP contribution < -0.4 is 5.32 Å². The Morgan fingerprint density at radius 1 is 1.16 bits per heavy atom. The van der Waals surface area contributed by atoms with Gasteiger partial charge in [0, 0.05) is 17.3 Å². The van der Waals surface area contributed by atoms with Gasteiger partial charge in [0.2, 0.25) is 0 Å². The minimum Gasteiger partial charge on any atom is -0.367 e. The Balaban J connectivity index is 1.81. The molecule has 1 aromatic heterocycles. The number of rotatable bonds is 3. The Hall–Kier alpha value is -0.770. The molecule has 0 aromatic carbocycles. The predicted octanol–water partition coefficient (Wildman–Crippen LogP) is 3.66. The average Bonchev–Trinajstić information content (AvgIpc) is 2.52. The maximum atomic E-state index is 4.66. The van der Waals surface area contributed by atoms with Crippen LogP contribution in [0.25, 0.3) is 0 Å². The first-order chi connectivity index (χ1) is 9.10. The maximum Gasteiger partial charge on any atom is 0.189 e. The normalized spacial score (nSPS) is 32.8. The number of hydrogen-bond acceptors (Lipinski definition) is 4. The molecule has 0 saturated heterocycles. The zero-order valence-corrected chi connectivity index (χ0v) is 13.0. The molecular weight excluding hydrogens is 254 g/mol. The zero-order chi connectivity index (χ0) is 13.6. The van der Waals surface area contributed by atoms with Crippen LogP contribution in [-0.2, 0) is 0 Å². The van der Waals surface area contributed by atoms with E-state index in [4.69, 9.17) is 0 Å². The lowest BCUT2D eigenvalue weighted by Gasteiger charge is -2.36. The van der Waals surface area contributed by atoms with Gasteiger partial charge < -0.3 is 5.32 Å². The molecule has 4 unspecified atom stereocenters. The van der Waals surface area contributed by atoms with Crippen LogP contribution in [-0.4, -0.2) is 22.3 Å². The van der Waals surface area contributed by atoms with Crippen molar-refractivity contribution >= 4 is 17.6 Å². The SMILES string of the molecule is CSc1nc(C)c(C)c(NC2CC(C)C3CCC23)n1. The van der Waals surface area contributed by atoms with E-state index in [-0.39, 0.29) is 0 Å². The van der Waals surface area contributed by atoms with Crippen LogP contribution in [0, 0.1) is 31.6 Å². The molecule has 1 heterocycles. The van der Waals surface area contributed by atoms with Gasteiger partial charge in [-0.25, -0.2) is 9.97 Å². The van der Waals surface area contributed by atoms with Crippen LogP contribution >= 0.6 is 11.8 Å². The van der Waals surface area contributed by atoms with Crippen molar-refractivity contribution in [2.75, 3.05) is 11.6 Å². The molecule has 19 heavy (non-hydrogen) atoms. The summed E-state index contributed by atoms with van der Waals surface area (Å²) in [7, 11) is 0. The van der Waals surface area contributed by atoms with E-state index in [1.807, 2.05) is 6.26 Å². The van der Waals surface area contributed by atoms with Crippen molar-refractivity contribution in [1.82, 2.24) is 9.97 Å². The number of fused-ring (bicyclic) bond motifs is 1. The summed E-state index contributed by atoms with van der Waals surface area (Å²) in [6.45, 7) is 6.60. The highest BCUT2D eigenvalue weighted by Crippen LogP contribution is 2.51.